The van der Waals surface area contributed by atoms with E-state index in [-0.39, 0.29) is 18.1 Å². The van der Waals surface area contributed by atoms with Crippen LogP contribution in [0.1, 0.15) is 12.8 Å². The van der Waals surface area contributed by atoms with Gasteiger partial charge in [-0.1, -0.05) is 0 Å². The van der Waals surface area contributed by atoms with Gasteiger partial charge >= 0.3 is 0 Å². The minimum atomic E-state index is -0.282. The van der Waals surface area contributed by atoms with E-state index in [1.165, 1.54) is 0 Å². The minimum absolute atomic E-state index is 0.0255. The summed E-state index contributed by atoms with van der Waals surface area (Å²) in [6, 6.07) is 0.0255. The van der Waals surface area contributed by atoms with Crippen molar-refractivity contribution in [2.24, 2.45) is 0 Å². The SMILES string of the molecule is O=C(C1CCCN1)N1CC(O)C1. The van der Waals surface area contributed by atoms with Crippen LogP contribution in [0.3, 0.4) is 0 Å². The van der Waals surface area contributed by atoms with Gasteiger partial charge in [-0.05, 0) is 19.4 Å². The second-order valence-corrected chi connectivity index (χ2v) is 3.55. The van der Waals surface area contributed by atoms with Gasteiger partial charge in [0.05, 0.1) is 12.1 Å². The zero-order valence-electron chi connectivity index (χ0n) is 6.99. The maximum atomic E-state index is 11.5. The first-order chi connectivity index (χ1) is 5.77. The fraction of sp³-hybridized carbons (Fsp3) is 0.875. The predicted octanol–water partition coefficient (Wildman–Crippen LogP) is -1.06. The van der Waals surface area contributed by atoms with E-state index in [1.54, 1.807) is 4.90 Å². The molecule has 2 rings (SSSR count). The molecule has 0 aromatic heterocycles. The third kappa shape index (κ3) is 1.32. The van der Waals surface area contributed by atoms with Crippen LogP contribution in [0.5, 0.6) is 0 Å². The Morgan fingerprint density at radius 2 is 2.25 bits per heavy atom. The van der Waals surface area contributed by atoms with E-state index >= 15 is 0 Å². The Balaban J connectivity index is 1.83. The number of nitrogens with one attached hydrogen (secondary N) is 1. The predicted molar refractivity (Wildman–Crippen MR) is 43.6 cm³/mol. The number of likely N-dealkylation sites (tertiary alicyclic amines) is 1. The van der Waals surface area contributed by atoms with Gasteiger partial charge in [-0.25, -0.2) is 0 Å². The molecule has 12 heavy (non-hydrogen) atoms. The lowest BCUT2D eigenvalue weighted by Gasteiger charge is -2.37. The van der Waals surface area contributed by atoms with E-state index < -0.39 is 0 Å². The normalized spacial score (nSPS) is 30.4. The van der Waals surface area contributed by atoms with E-state index in [0.29, 0.717) is 13.1 Å². The number of carbonyl (C=O) groups excluding carboxylic acids is 1. The van der Waals surface area contributed by atoms with Crippen molar-refractivity contribution < 1.29 is 9.90 Å². The average Bonchev–Trinajstić information content (AvgIpc) is 2.49. The molecule has 68 valence electrons. The maximum absolute atomic E-state index is 11.5. The summed E-state index contributed by atoms with van der Waals surface area (Å²) in [7, 11) is 0. The van der Waals surface area contributed by atoms with Crippen LogP contribution in [-0.2, 0) is 4.79 Å². The summed E-state index contributed by atoms with van der Waals surface area (Å²) in [6.45, 7) is 2.00. The van der Waals surface area contributed by atoms with Crippen LogP contribution in [0.25, 0.3) is 0 Å². The molecule has 4 heteroatoms. The van der Waals surface area contributed by atoms with E-state index in [4.69, 9.17) is 5.11 Å². The standard InChI is InChI=1S/C8H14N2O2/c11-6-4-10(5-6)8(12)7-2-1-3-9-7/h6-7,9,11H,1-5H2. The van der Waals surface area contributed by atoms with E-state index in [1.807, 2.05) is 0 Å². The molecule has 2 heterocycles. The number of aliphatic hydroxyl groups is 1. The van der Waals surface area contributed by atoms with Gasteiger partial charge in [0.25, 0.3) is 0 Å². The molecule has 0 spiro atoms. The summed E-state index contributed by atoms with van der Waals surface area (Å²) in [4.78, 5) is 13.2. The van der Waals surface area contributed by atoms with Crippen LogP contribution in [0.2, 0.25) is 0 Å². The Bertz CT molecular complexity index is 183. The van der Waals surface area contributed by atoms with Crippen molar-refractivity contribution in [3.05, 3.63) is 0 Å². The highest BCUT2D eigenvalue weighted by Gasteiger charge is 2.34. The second-order valence-electron chi connectivity index (χ2n) is 3.55. The van der Waals surface area contributed by atoms with Crippen molar-refractivity contribution in [2.45, 2.75) is 25.0 Å². The van der Waals surface area contributed by atoms with E-state index in [9.17, 15) is 4.79 Å². The van der Waals surface area contributed by atoms with Gasteiger partial charge in [-0.15, -0.1) is 0 Å². The number of rotatable bonds is 1. The summed E-state index contributed by atoms with van der Waals surface area (Å²) in [5.41, 5.74) is 0. The van der Waals surface area contributed by atoms with Gasteiger partial charge in [-0.3, -0.25) is 4.79 Å². The van der Waals surface area contributed by atoms with E-state index in [0.717, 1.165) is 19.4 Å². The van der Waals surface area contributed by atoms with Crippen molar-refractivity contribution in [3.63, 3.8) is 0 Å². The smallest absolute Gasteiger partial charge is 0.239 e. The molecule has 1 amide bonds. The molecule has 2 saturated heterocycles. The van der Waals surface area contributed by atoms with Crippen LogP contribution in [0, 0.1) is 0 Å². The van der Waals surface area contributed by atoms with Gasteiger partial charge in [0.15, 0.2) is 0 Å². The quantitative estimate of drug-likeness (QED) is 0.527. The molecule has 4 nitrogen and oxygen atoms in total. The molecule has 0 saturated carbocycles. The molecule has 2 fully saturated rings. The highest BCUT2D eigenvalue weighted by Crippen LogP contribution is 2.14. The molecule has 0 bridgehead atoms. The molecular weight excluding hydrogens is 156 g/mol. The van der Waals surface area contributed by atoms with Crippen molar-refractivity contribution in [1.82, 2.24) is 10.2 Å². The fourth-order valence-electron chi connectivity index (χ4n) is 1.75. The lowest BCUT2D eigenvalue weighted by Crippen LogP contribution is -2.57. The first kappa shape index (κ1) is 8.01. The molecule has 0 radical (unpaired) electrons. The minimum Gasteiger partial charge on any atom is -0.389 e. The van der Waals surface area contributed by atoms with Crippen LogP contribution in [0.15, 0.2) is 0 Å². The first-order valence-corrected chi connectivity index (χ1v) is 4.47. The number of nitrogens with zero attached hydrogens (tertiary/aromatic N) is 1. The van der Waals surface area contributed by atoms with Gasteiger partial charge in [0, 0.05) is 13.1 Å². The van der Waals surface area contributed by atoms with Crippen LogP contribution in [-0.4, -0.2) is 47.7 Å². The highest BCUT2D eigenvalue weighted by atomic mass is 16.3. The molecule has 2 N–H and O–H groups in total. The van der Waals surface area contributed by atoms with Gasteiger partial charge in [0.2, 0.25) is 5.91 Å². The van der Waals surface area contributed by atoms with Crippen LogP contribution in [0.4, 0.5) is 0 Å². The fourth-order valence-corrected chi connectivity index (χ4v) is 1.75. The Hall–Kier alpha value is -0.610. The number of hydrogen-bond donors (Lipinski definition) is 2. The molecule has 2 aliphatic heterocycles. The van der Waals surface area contributed by atoms with Gasteiger partial charge < -0.3 is 15.3 Å². The molecule has 1 atom stereocenters. The average molecular weight is 170 g/mol. The zero-order chi connectivity index (χ0) is 8.55. The summed E-state index contributed by atoms with van der Waals surface area (Å²) >= 11 is 0. The Kier molecular flexibility index (Phi) is 2.02. The molecule has 0 aromatic carbocycles. The van der Waals surface area contributed by atoms with Gasteiger partial charge in [0.1, 0.15) is 0 Å². The Labute approximate surface area is 71.5 Å². The first-order valence-electron chi connectivity index (χ1n) is 4.47. The third-order valence-electron chi connectivity index (χ3n) is 2.53. The molecule has 1 unspecified atom stereocenters. The molecule has 2 aliphatic rings. The number of carbonyl (C=O) groups is 1. The third-order valence-corrected chi connectivity index (χ3v) is 2.53. The summed E-state index contributed by atoms with van der Waals surface area (Å²) < 4.78 is 0. The lowest BCUT2D eigenvalue weighted by atomic mass is 10.1. The second kappa shape index (κ2) is 3.03. The van der Waals surface area contributed by atoms with Crippen LogP contribution >= 0.6 is 0 Å². The van der Waals surface area contributed by atoms with Gasteiger partial charge in [-0.2, -0.15) is 0 Å². The molecular formula is C8H14N2O2. The number of hydrogen-bond acceptors (Lipinski definition) is 3. The van der Waals surface area contributed by atoms with E-state index in [2.05, 4.69) is 5.32 Å². The van der Waals surface area contributed by atoms with Crippen molar-refractivity contribution in [3.8, 4) is 0 Å². The van der Waals surface area contributed by atoms with Crippen molar-refractivity contribution in [1.29, 1.82) is 0 Å². The molecule has 0 aromatic rings. The van der Waals surface area contributed by atoms with Crippen molar-refractivity contribution in [2.75, 3.05) is 19.6 Å². The largest absolute Gasteiger partial charge is 0.389 e. The monoisotopic (exact) mass is 170 g/mol. The van der Waals surface area contributed by atoms with Crippen LogP contribution < -0.4 is 5.32 Å². The number of β-amino-alcohol motifs (C(OH)–C–C–N with tert-alkyl or cyclic N) is 1. The Morgan fingerprint density at radius 3 is 2.75 bits per heavy atom. The summed E-state index contributed by atoms with van der Waals surface area (Å²) in [6.07, 6.45) is 1.76. The summed E-state index contributed by atoms with van der Waals surface area (Å²) in [5.74, 6) is 0.165. The summed E-state index contributed by atoms with van der Waals surface area (Å²) in [5, 5.41) is 12.1. The lowest BCUT2D eigenvalue weighted by molar-refractivity contribution is -0.143. The topological polar surface area (TPSA) is 52.6 Å². The van der Waals surface area contributed by atoms with Crippen molar-refractivity contribution >= 4 is 5.91 Å². The number of amides is 1. The zero-order valence-corrected chi connectivity index (χ0v) is 6.99. The number of aliphatic hydroxyl groups excluding tert-OH is 1. The highest BCUT2D eigenvalue weighted by molar-refractivity contribution is 5.83. The maximum Gasteiger partial charge on any atom is 0.239 e. The molecule has 0 aliphatic carbocycles. The Morgan fingerprint density at radius 1 is 1.50 bits per heavy atom.